The summed E-state index contributed by atoms with van der Waals surface area (Å²) in [4.78, 5) is 9.28. The van der Waals surface area contributed by atoms with E-state index in [1.807, 2.05) is 6.92 Å². The highest BCUT2D eigenvalue weighted by atomic mass is 19.4. The summed E-state index contributed by atoms with van der Waals surface area (Å²) in [6.07, 6.45) is -2.18. The Balaban J connectivity index is 2.02. The van der Waals surface area contributed by atoms with Crippen molar-refractivity contribution in [1.29, 1.82) is 0 Å². The molecule has 0 aromatic carbocycles. The lowest BCUT2D eigenvalue weighted by atomic mass is 10.3. The third-order valence-corrected chi connectivity index (χ3v) is 3.16. The maximum atomic E-state index is 12.6. The zero-order valence-electron chi connectivity index (χ0n) is 11.2. The molecular weight excluding hydrogens is 271 g/mol. The Kier molecular flexibility index (Phi) is 4.32. The minimum absolute atomic E-state index is 0.0107. The number of aromatic nitrogens is 2. The van der Waals surface area contributed by atoms with E-state index < -0.39 is 11.9 Å². The van der Waals surface area contributed by atoms with Crippen molar-refractivity contribution in [2.24, 2.45) is 0 Å². The van der Waals surface area contributed by atoms with Gasteiger partial charge in [0.1, 0.15) is 5.82 Å². The molecule has 1 unspecified atom stereocenters. The molecule has 1 atom stereocenters. The summed E-state index contributed by atoms with van der Waals surface area (Å²) in [5.41, 5.74) is 4.30. The van der Waals surface area contributed by atoms with Gasteiger partial charge in [-0.2, -0.15) is 18.2 Å². The summed E-state index contributed by atoms with van der Waals surface area (Å²) in [6, 6.07) is 0.875. The number of halogens is 3. The first kappa shape index (κ1) is 14.8. The Morgan fingerprint density at radius 1 is 1.35 bits per heavy atom. The molecule has 1 aliphatic heterocycles. The van der Waals surface area contributed by atoms with Gasteiger partial charge in [-0.3, -0.25) is 0 Å². The van der Waals surface area contributed by atoms with Crippen molar-refractivity contribution >= 4 is 11.8 Å². The summed E-state index contributed by atoms with van der Waals surface area (Å²) < 4.78 is 37.9. The van der Waals surface area contributed by atoms with Crippen LogP contribution in [0.4, 0.5) is 24.9 Å². The molecule has 5 nitrogen and oxygen atoms in total. The lowest BCUT2D eigenvalue weighted by Crippen LogP contribution is -2.33. The normalized spacial score (nSPS) is 18.2. The molecule has 0 spiro atoms. The van der Waals surface area contributed by atoms with E-state index in [0.29, 0.717) is 0 Å². The van der Waals surface area contributed by atoms with Gasteiger partial charge in [-0.1, -0.05) is 0 Å². The minimum Gasteiger partial charge on any atom is -0.368 e. The van der Waals surface area contributed by atoms with E-state index in [1.54, 1.807) is 0 Å². The van der Waals surface area contributed by atoms with Crippen molar-refractivity contribution in [3.63, 3.8) is 0 Å². The van der Waals surface area contributed by atoms with Crippen LogP contribution in [0.25, 0.3) is 0 Å². The number of nitrogen functional groups attached to an aromatic ring is 1. The van der Waals surface area contributed by atoms with Crippen LogP contribution in [0.1, 0.15) is 25.5 Å². The molecule has 0 amide bonds. The van der Waals surface area contributed by atoms with Crippen molar-refractivity contribution in [3.8, 4) is 0 Å². The quantitative estimate of drug-likeness (QED) is 0.887. The summed E-state index contributed by atoms with van der Waals surface area (Å²) >= 11 is 0. The maximum absolute atomic E-state index is 12.6. The number of rotatable bonds is 4. The van der Waals surface area contributed by atoms with E-state index in [9.17, 15) is 13.2 Å². The molecule has 3 N–H and O–H groups in total. The summed E-state index contributed by atoms with van der Waals surface area (Å²) in [5.74, 6) is -0.271. The third-order valence-electron chi connectivity index (χ3n) is 3.16. The van der Waals surface area contributed by atoms with Crippen molar-refractivity contribution in [2.45, 2.75) is 32.0 Å². The summed E-state index contributed by atoms with van der Waals surface area (Å²) in [5, 5.41) is 2.95. The first-order chi connectivity index (χ1) is 9.34. The fourth-order valence-electron chi connectivity index (χ4n) is 2.34. The SMILES string of the molecule is CC(CN1CCCC1)Nc1cc(C(F)(F)F)nc(N)n1. The highest BCUT2D eigenvalue weighted by Gasteiger charge is 2.33. The average molecular weight is 289 g/mol. The van der Waals surface area contributed by atoms with Crippen LogP contribution in [0.3, 0.4) is 0 Å². The molecule has 1 aromatic rings. The second kappa shape index (κ2) is 5.82. The number of alkyl halides is 3. The molecule has 0 bridgehead atoms. The zero-order valence-corrected chi connectivity index (χ0v) is 11.2. The zero-order chi connectivity index (χ0) is 14.8. The fraction of sp³-hybridized carbons (Fsp3) is 0.667. The molecule has 2 rings (SSSR count). The van der Waals surface area contributed by atoms with E-state index in [2.05, 4.69) is 20.2 Å². The van der Waals surface area contributed by atoms with E-state index in [-0.39, 0.29) is 17.8 Å². The second-order valence-corrected chi connectivity index (χ2v) is 5.05. The Bertz CT molecular complexity index is 457. The van der Waals surface area contributed by atoms with Gasteiger partial charge in [-0.05, 0) is 32.9 Å². The Morgan fingerprint density at radius 3 is 2.60 bits per heavy atom. The van der Waals surface area contributed by atoms with Crippen LogP contribution in [-0.2, 0) is 6.18 Å². The molecular formula is C12H18F3N5. The predicted octanol–water partition coefficient (Wildman–Crippen LogP) is 1.97. The van der Waals surface area contributed by atoms with Gasteiger partial charge in [-0.25, -0.2) is 4.98 Å². The van der Waals surface area contributed by atoms with Gasteiger partial charge in [0.15, 0.2) is 5.69 Å². The Labute approximate surface area is 115 Å². The predicted molar refractivity (Wildman–Crippen MR) is 70.2 cm³/mol. The number of hydrogen-bond acceptors (Lipinski definition) is 5. The molecule has 0 radical (unpaired) electrons. The smallest absolute Gasteiger partial charge is 0.368 e. The standard InChI is InChI=1S/C12H18F3N5/c1-8(7-20-4-2-3-5-20)17-10-6-9(12(13,14)15)18-11(16)19-10/h6,8H,2-5,7H2,1H3,(H3,16,17,18,19). The lowest BCUT2D eigenvalue weighted by Gasteiger charge is -2.22. The number of nitrogens with one attached hydrogen (secondary N) is 1. The topological polar surface area (TPSA) is 67.1 Å². The van der Waals surface area contributed by atoms with E-state index in [1.165, 1.54) is 12.8 Å². The summed E-state index contributed by atoms with van der Waals surface area (Å²) in [6.45, 7) is 4.74. The van der Waals surface area contributed by atoms with Crippen LogP contribution in [0.15, 0.2) is 6.07 Å². The van der Waals surface area contributed by atoms with Crippen LogP contribution in [0.5, 0.6) is 0 Å². The molecule has 1 aliphatic rings. The van der Waals surface area contributed by atoms with Crippen molar-refractivity contribution < 1.29 is 13.2 Å². The molecule has 2 heterocycles. The van der Waals surface area contributed by atoms with Gasteiger partial charge in [-0.15, -0.1) is 0 Å². The molecule has 1 aromatic heterocycles. The fourth-order valence-corrected chi connectivity index (χ4v) is 2.34. The highest BCUT2D eigenvalue weighted by molar-refractivity contribution is 5.42. The monoisotopic (exact) mass is 289 g/mol. The van der Waals surface area contributed by atoms with Crippen molar-refractivity contribution in [2.75, 3.05) is 30.7 Å². The van der Waals surface area contributed by atoms with Crippen LogP contribution in [0, 0.1) is 0 Å². The largest absolute Gasteiger partial charge is 0.433 e. The number of anilines is 2. The molecule has 0 aliphatic carbocycles. The second-order valence-electron chi connectivity index (χ2n) is 5.05. The number of nitrogens with zero attached hydrogens (tertiary/aromatic N) is 3. The highest BCUT2D eigenvalue weighted by Crippen LogP contribution is 2.29. The van der Waals surface area contributed by atoms with Gasteiger partial charge in [0.2, 0.25) is 5.95 Å². The Morgan fingerprint density at radius 2 is 2.00 bits per heavy atom. The van der Waals surface area contributed by atoms with Gasteiger partial charge >= 0.3 is 6.18 Å². The number of nitrogens with two attached hydrogens (primary N) is 1. The Hall–Kier alpha value is -1.57. The van der Waals surface area contributed by atoms with Crippen LogP contribution >= 0.6 is 0 Å². The van der Waals surface area contributed by atoms with Crippen LogP contribution in [0.2, 0.25) is 0 Å². The lowest BCUT2D eigenvalue weighted by molar-refractivity contribution is -0.141. The molecule has 0 saturated carbocycles. The van der Waals surface area contributed by atoms with Gasteiger partial charge in [0.25, 0.3) is 0 Å². The summed E-state index contributed by atoms with van der Waals surface area (Å²) in [7, 11) is 0. The molecule has 20 heavy (non-hydrogen) atoms. The molecule has 8 heteroatoms. The van der Waals surface area contributed by atoms with Crippen molar-refractivity contribution in [1.82, 2.24) is 14.9 Å². The average Bonchev–Trinajstić information content (AvgIpc) is 2.79. The van der Waals surface area contributed by atoms with E-state index >= 15 is 0 Å². The third kappa shape index (κ3) is 3.96. The molecule has 1 fully saturated rings. The van der Waals surface area contributed by atoms with Gasteiger partial charge in [0.05, 0.1) is 0 Å². The number of likely N-dealkylation sites (tertiary alicyclic amines) is 1. The first-order valence-electron chi connectivity index (χ1n) is 6.55. The minimum atomic E-state index is -4.52. The maximum Gasteiger partial charge on any atom is 0.433 e. The van der Waals surface area contributed by atoms with E-state index in [0.717, 1.165) is 25.7 Å². The van der Waals surface area contributed by atoms with Crippen molar-refractivity contribution in [3.05, 3.63) is 11.8 Å². The molecule has 1 saturated heterocycles. The van der Waals surface area contributed by atoms with Gasteiger partial charge < -0.3 is 16.0 Å². The first-order valence-corrected chi connectivity index (χ1v) is 6.55. The van der Waals surface area contributed by atoms with E-state index in [4.69, 9.17) is 5.73 Å². The number of hydrogen-bond donors (Lipinski definition) is 2. The van der Waals surface area contributed by atoms with Crippen LogP contribution < -0.4 is 11.1 Å². The molecule has 112 valence electrons. The van der Waals surface area contributed by atoms with Gasteiger partial charge in [0, 0.05) is 18.7 Å². The van der Waals surface area contributed by atoms with Crippen LogP contribution in [-0.4, -0.2) is 40.5 Å².